The fourth-order valence-electron chi connectivity index (χ4n) is 2.31. The van der Waals surface area contributed by atoms with Gasteiger partial charge >= 0.3 is 0 Å². The van der Waals surface area contributed by atoms with Crippen LogP contribution in [0.1, 0.15) is 24.4 Å². The molecule has 0 bridgehead atoms. The first kappa shape index (κ1) is 9.85. The first-order valence-electron chi connectivity index (χ1n) is 5.78. The van der Waals surface area contributed by atoms with Crippen molar-refractivity contribution in [2.24, 2.45) is 5.73 Å². The Kier molecular flexibility index (Phi) is 2.21. The van der Waals surface area contributed by atoms with Gasteiger partial charge in [0.25, 0.3) is 0 Å². The van der Waals surface area contributed by atoms with E-state index in [9.17, 15) is 4.39 Å². The highest BCUT2D eigenvalue weighted by molar-refractivity contribution is 5.84. The van der Waals surface area contributed by atoms with Crippen LogP contribution in [-0.2, 0) is 6.42 Å². The normalized spacial score (nSPS) is 15.9. The highest BCUT2D eigenvalue weighted by Crippen LogP contribution is 2.39. The van der Waals surface area contributed by atoms with Crippen molar-refractivity contribution in [2.75, 3.05) is 6.54 Å². The third-order valence-electron chi connectivity index (χ3n) is 3.23. The number of nitrogens with zero attached hydrogens (tertiary/aromatic N) is 1. The average Bonchev–Trinajstić information content (AvgIpc) is 3.04. The molecule has 0 radical (unpaired) electrons. The zero-order valence-electron chi connectivity index (χ0n) is 9.12. The van der Waals surface area contributed by atoms with Crippen LogP contribution in [0.5, 0.6) is 0 Å². The summed E-state index contributed by atoms with van der Waals surface area (Å²) in [4.78, 5) is 0. The minimum Gasteiger partial charge on any atom is -0.344 e. The van der Waals surface area contributed by atoms with Crippen LogP contribution in [0.15, 0.2) is 24.4 Å². The molecule has 1 saturated carbocycles. The first-order valence-corrected chi connectivity index (χ1v) is 5.78. The largest absolute Gasteiger partial charge is 0.344 e. The van der Waals surface area contributed by atoms with Crippen molar-refractivity contribution in [3.63, 3.8) is 0 Å². The van der Waals surface area contributed by atoms with Crippen molar-refractivity contribution in [3.8, 4) is 0 Å². The second kappa shape index (κ2) is 3.59. The summed E-state index contributed by atoms with van der Waals surface area (Å²) in [6, 6.07) is 5.61. The molecule has 1 aliphatic carbocycles. The molecular weight excluding hydrogens is 203 g/mol. The number of nitrogens with two attached hydrogens (primary N) is 1. The number of benzene rings is 1. The standard InChI is InChI=1S/C13H15FN2/c14-10-1-4-12-9(5-6-15)8-16(11-2-3-11)13(12)7-10/h1,4,7-8,11H,2-3,5-6,15H2. The number of aromatic nitrogens is 1. The fourth-order valence-corrected chi connectivity index (χ4v) is 2.31. The Hall–Kier alpha value is -1.35. The molecule has 1 fully saturated rings. The second-order valence-corrected chi connectivity index (χ2v) is 4.49. The van der Waals surface area contributed by atoms with Crippen LogP contribution in [0.2, 0.25) is 0 Å². The zero-order chi connectivity index (χ0) is 11.1. The highest BCUT2D eigenvalue weighted by atomic mass is 19.1. The van der Waals surface area contributed by atoms with Gasteiger partial charge in [0.2, 0.25) is 0 Å². The Morgan fingerprint density at radius 2 is 2.19 bits per heavy atom. The van der Waals surface area contributed by atoms with Crippen molar-refractivity contribution in [1.29, 1.82) is 0 Å². The minimum absolute atomic E-state index is 0.160. The number of rotatable bonds is 3. The Morgan fingerprint density at radius 1 is 1.38 bits per heavy atom. The van der Waals surface area contributed by atoms with Gasteiger partial charge < -0.3 is 10.3 Å². The van der Waals surface area contributed by atoms with E-state index < -0.39 is 0 Å². The van der Waals surface area contributed by atoms with Crippen molar-refractivity contribution in [3.05, 3.63) is 35.8 Å². The molecule has 1 aromatic heterocycles. The van der Waals surface area contributed by atoms with E-state index in [1.807, 2.05) is 6.07 Å². The Morgan fingerprint density at radius 3 is 2.88 bits per heavy atom. The Labute approximate surface area is 93.9 Å². The monoisotopic (exact) mass is 218 g/mol. The zero-order valence-corrected chi connectivity index (χ0v) is 9.12. The van der Waals surface area contributed by atoms with Crippen molar-refractivity contribution >= 4 is 10.9 Å². The van der Waals surface area contributed by atoms with Crippen molar-refractivity contribution < 1.29 is 4.39 Å². The van der Waals surface area contributed by atoms with Crippen LogP contribution in [0, 0.1) is 5.82 Å². The van der Waals surface area contributed by atoms with Gasteiger partial charge in [0.15, 0.2) is 0 Å². The summed E-state index contributed by atoms with van der Waals surface area (Å²) < 4.78 is 15.5. The van der Waals surface area contributed by atoms with E-state index in [-0.39, 0.29) is 5.82 Å². The summed E-state index contributed by atoms with van der Waals surface area (Å²) in [7, 11) is 0. The average molecular weight is 218 g/mol. The third-order valence-corrected chi connectivity index (χ3v) is 3.23. The van der Waals surface area contributed by atoms with Gasteiger partial charge in [0.05, 0.1) is 5.52 Å². The number of fused-ring (bicyclic) bond motifs is 1. The molecule has 0 unspecified atom stereocenters. The van der Waals surface area contributed by atoms with Crippen molar-refractivity contribution in [1.82, 2.24) is 4.57 Å². The lowest BCUT2D eigenvalue weighted by atomic mass is 10.1. The molecule has 0 saturated heterocycles. The minimum atomic E-state index is -0.160. The third kappa shape index (κ3) is 1.52. The summed E-state index contributed by atoms with van der Waals surface area (Å²) in [5.74, 6) is -0.160. The van der Waals surface area contributed by atoms with E-state index in [1.54, 1.807) is 6.07 Å². The SMILES string of the molecule is NCCc1cn(C2CC2)c2cc(F)ccc12. The van der Waals surface area contributed by atoms with E-state index in [2.05, 4.69) is 10.8 Å². The van der Waals surface area contributed by atoms with E-state index in [0.717, 1.165) is 17.3 Å². The molecular formula is C13H15FN2. The Bertz CT molecular complexity index is 526. The van der Waals surface area contributed by atoms with Crippen molar-refractivity contribution in [2.45, 2.75) is 25.3 Å². The van der Waals surface area contributed by atoms with Crippen LogP contribution in [0.25, 0.3) is 10.9 Å². The molecule has 0 spiro atoms. The number of hydrogen-bond donors (Lipinski definition) is 1. The van der Waals surface area contributed by atoms with E-state index in [4.69, 9.17) is 5.73 Å². The first-order chi connectivity index (χ1) is 7.79. The molecule has 0 amide bonds. The topological polar surface area (TPSA) is 30.9 Å². The van der Waals surface area contributed by atoms with E-state index in [0.29, 0.717) is 12.6 Å². The lowest BCUT2D eigenvalue weighted by Crippen LogP contribution is -2.02. The van der Waals surface area contributed by atoms with Crippen LogP contribution in [0.4, 0.5) is 4.39 Å². The molecule has 84 valence electrons. The maximum atomic E-state index is 13.3. The maximum Gasteiger partial charge on any atom is 0.125 e. The molecule has 2 aromatic rings. The second-order valence-electron chi connectivity index (χ2n) is 4.49. The van der Waals surface area contributed by atoms with Gasteiger partial charge in [0, 0.05) is 17.6 Å². The smallest absolute Gasteiger partial charge is 0.125 e. The maximum absolute atomic E-state index is 13.3. The van der Waals surface area contributed by atoms with Gasteiger partial charge in [-0.05, 0) is 49.6 Å². The van der Waals surface area contributed by atoms with Crippen LogP contribution >= 0.6 is 0 Å². The molecule has 1 heterocycles. The van der Waals surface area contributed by atoms with Crippen LogP contribution < -0.4 is 5.73 Å². The quantitative estimate of drug-likeness (QED) is 0.843. The predicted octanol–water partition coefficient (Wildman–Crippen LogP) is 2.62. The predicted molar refractivity (Wildman–Crippen MR) is 62.9 cm³/mol. The highest BCUT2D eigenvalue weighted by Gasteiger charge is 2.25. The van der Waals surface area contributed by atoms with Gasteiger partial charge in [0.1, 0.15) is 5.82 Å². The number of hydrogen-bond acceptors (Lipinski definition) is 1. The van der Waals surface area contributed by atoms with E-state index in [1.165, 1.54) is 24.5 Å². The number of halogens is 1. The van der Waals surface area contributed by atoms with Crippen LogP contribution in [-0.4, -0.2) is 11.1 Å². The summed E-state index contributed by atoms with van der Waals surface area (Å²) in [6.45, 7) is 0.640. The lowest BCUT2D eigenvalue weighted by Gasteiger charge is -2.01. The molecule has 3 heteroatoms. The van der Waals surface area contributed by atoms with Gasteiger partial charge in [-0.15, -0.1) is 0 Å². The Balaban J connectivity index is 2.20. The summed E-state index contributed by atoms with van der Waals surface area (Å²) in [6.07, 6.45) is 5.43. The summed E-state index contributed by atoms with van der Waals surface area (Å²) in [5, 5.41) is 1.15. The molecule has 0 aliphatic heterocycles. The van der Waals surface area contributed by atoms with E-state index >= 15 is 0 Å². The fraction of sp³-hybridized carbons (Fsp3) is 0.385. The lowest BCUT2D eigenvalue weighted by molar-refractivity contribution is 0.628. The van der Waals surface area contributed by atoms with Crippen LogP contribution in [0.3, 0.4) is 0 Å². The summed E-state index contributed by atoms with van der Waals surface area (Å²) in [5.41, 5.74) is 7.86. The van der Waals surface area contributed by atoms with Gasteiger partial charge in [-0.25, -0.2) is 4.39 Å². The molecule has 0 atom stereocenters. The molecule has 1 aromatic carbocycles. The molecule has 2 N–H and O–H groups in total. The summed E-state index contributed by atoms with van der Waals surface area (Å²) >= 11 is 0. The molecule has 3 rings (SSSR count). The van der Waals surface area contributed by atoms with Gasteiger partial charge in [-0.3, -0.25) is 0 Å². The molecule has 2 nitrogen and oxygen atoms in total. The van der Waals surface area contributed by atoms with Gasteiger partial charge in [-0.1, -0.05) is 0 Å². The molecule has 16 heavy (non-hydrogen) atoms. The van der Waals surface area contributed by atoms with Gasteiger partial charge in [-0.2, -0.15) is 0 Å². The molecule has 1 aliphatic rings.